The van der Waals surface area contributed by atoms with Gasteiger partial charge in [0, 0.05) is 5.69 Å². The molecular weight excluding hydrogens is 310 g/mol. The van der Waals surface area contributed by atoms with Gasteiger partial charge in [0.1, 0.15) is 5.75 Å². The summed E-state index contributed by atoms with van der Waals surface area (Å²) in [5.74, 6) is 0.619. The molecule has 0 aliphatic carbocycles. The van der Waals surface area contributed by atoms with Crippen molar-refractivity contribution in [3.05, 3.63) is 58.7 Å². The standard InChI is InChI=1S/C22H29NO2/c1-14-12-15(2)20(16(3)13-14)23-21(24)17(4)25-19-11-9-8-10-18(19)22(5,6)7/h8-13,17H,1-7H3,(H,23,24). The number of anilines is 1. The number of rotatable bonds is 4. The third-order valence-corrected chi connectivity index (χ3v) is 4.29. The highest BCUT2D eigenvalue weighted by atomic mass is 16.5. The Morgan fingerprint density at radius 1 is 1.04 bits per heavy atom. The van der Waals surface area contributed by atoms with E-state index in [0.717, 1.165) is 28.1 Å². The minimum Gasteiger partial charge on any atom is -0.481 e. The molecule has 2 rings (SSSR count). The zero-order valence-corrected chi connectivity index (χ0v) is 16.4. The predicted octanol–water partition coefficient (Wildman–Crippen LogP) is 5.32. The lowest BCUT2D eigenvalue weighted by Gasteiger charge is -2.24. The molecular formula is C22H29NO2. The number of benzene rings is 2. The molecule has 0 aliphatic rings. The molecule has 1 amide bonds. The van der Waals surface area contributed by atoms with Crippen LogP contribution in [-0.4, -0.2) is 12.0 Å². The van der Waals surface area contributed by atoms with E-state index in [1.165, 1.54) is 5.56 Å². The van der Waals surface area contributed by atoms with Crippen molar-refractivity contribution in [2.24, 2.45) is 0 Å². The van der Waals surface area contributed by atoms with Crippen molar-refractivity contribution in [3.63, 3.8) is 0 Å². The minimum absolute atomic E-state index is 0.0447. The summed E-state index contributed by atoms with van der Waals surface area (Å²) < 4.78 is 6.00. The molecule has 0 aliphatic heterocycles. The van der Waals surface area contributed by atoms with Crippen molar-refractivity contribution in [2.75, 3.05) is 5.32 Å². The van der Waals surface area contributed by atoms with Crippen LogP contribution in [0, 0.1) is 20.8 Å². The fourth-order valence-corrected chi connectivity index (χ4v) is 3.04. The Labute approximate surface area is 151 Å². The molecule has 2 aromatic carbocycles. The van der Waals surface area contributed by atoms with Crippen molar-refractivity contribution in [1.82, 2.24) is 0 Å². The smallest absolute Gasteiger partial charge is 0.265 e. The maximum atomic E-state index is 12.6. The highest BCUT2D eigenvalue weighted by Gasteiger charge is 2.22. The first kappa shape index (κ1) is 19.0. The Bertz CT molecular complexity index is 749. The number of nitrogens with one attached hydrogen (secondary N) is 1. The van der Waals surface area contributed by atoms with Gasteiger partial charge in [0.05, 0.1) is 0 Å². The summed E-state index contributed by atoms with van der Waals surface area (Å²) in [5, 5.41) is 3.02. The zero-order chi connectivity index (χ0) is 18.8. The molecule has 2 aromatic rings. The Hall–Kier alpha value is -2.29. The predicted molar refractivity (Wildman–Crippen MR) is 105 cm³/mol. The molecule has 0 heterocycles. The third kappa shape index (κ3) is 4.62. The number of amides is 1. The van der Waals surface area contributed by atoms with Gasteiger partial charge in [-0.05, 0) is 55.9 Å². The summed E-state index contributed by atoms with van der Waals surface area (Å²) in [6, 6.07) is 12.0. The number of ether oxygens (including phenoxy) is 1. The van der Waals surface area contributed by atoms with Crippen LogP contribution in [0.3, 0.4) is 0 Å². The summed E-state index contributed by atoms with van der Waals surface area (Å²) in [6.07, 6.45) is -0.580. The lowest BCUT2D eigenvalue weighted by molar-refractivity contribution is -0.122. The first-order chi connectivity index (χ1) is 11.6. The number of hydrogen-bond acceptors (Lipinski definition) is 2. The second-order valence-corrected chi connectivity index (χ2v) is 7.77. The molecule has 0 spiro atoms. The molecule has 134 valence electrons. The van der Waals surface area contributed by atoms with Crippen molar-refractivity contribution in [2.45, 2.75) is 60.0 Å². The minimum atomic E-state index is -0.580. The van der Waals surface area contributed by atoms with Gasteiger partial charge in [-0.3, -0.25) is 4.79 Å². The van der Waals surface area contributed by atoms with Crippen LogP contribution < -0.4 is 10.1 Å². The van der Waals surface area contributed by atoms with Gasteiger partial charge in [-0.1, -0.05) is 56.7 Å². The van der Waals surface area contributed by atoms with Gasteiger partial charge in [-0.25, -0.2) is 0 Å². The van der Waals surface area contributed by atoms with E-state index in [1.54, 1.807) is 6.92 Å². The Balaban J connectivity index is 2.18. The van der Waals surface area contributed by atoms with Gasteiger partial charge < -0.3 is 10.1 Å². The summed E-state index contributed by atoms with van der Waals surface area (Å²) in [7, 11) is 0. The highest BCUT2D eigenvalue weighted by molar-refractivity contribution is 5.95. The lowest BCUT2D eigenvalue weighted by Crippen LogP contribution is -2.31. The number of aryl methyl sites for hydroxylation is 3. The normalized spacial score (nSPS) is 12.6. The van der Waals surface area contributed by atoms with E-state index in [1.807, 2.05) is 38.1 Å². The van der Waals surface area contributed by atoms with Gasteiger partial charge in [0.15, 0.2) is 6.10 Å². The average Bonchev–Trinajstić information content (AvgIpc) is 2.50. The molecule has 3 heteroatoms. The molecule has 0 bridgehead atoms. The van der Waals surface area contributed by atoms with E-state index in [2.05, 4.69) is 45.1 Å². The summed E-state index contributed by atoms with van der Waals surface area (Å²) in [4.78, 5) is 12.6. The van der Waals surface area contributed by atoms with Crippen LogP contribution in [0.25, 0.3) is 0 Å². The van der Waals surface area contributed by atoms with E-state index in [9.17, 15) is 4.79 Å². The van der Waals surface area contributed by atoms with E-state index >= 15 is 0 Å². The average molecular weight is 339 g/mol. The van der Waals surface area contributed by atoms with Crippen LogP contribution in [-0.2, 0) is 10.2 Å². The van der Waals surface area contributed by atoms with Crippen molar-refractivity contribution >= 4 is 11.6 Å². The Morgan fingerprint density at radius 3 is 2.16 bits per heavy atom. The number of para-hydroxylation sites is 1. The summed E-state index contributed by atoms with van der Waals surface area (Å²) in [5.41, 5.74) is 5.24. The monoisotopic (exact) mass is 339 g/mol. The topological polar surface area (TPSA) is 38.3 Å². The second kappa shape index (κ2) is 7.30. The van der Waals surface area contributed by atoms with Crippen molar-refractivity contribution < 1.29 is 9.53 Å². The molecule has 1 atom stereocenters. The van der Waals surface area contributed by atoms with Crippen molar-refractivity contribution in [1.29, 1.82) is 0 Å². The van der Waals surface area contributed by atoms with Gasteiger partial charge in [-0.2, -0.15) is 0 Å². The number of hydrogen-bond donors (Lipinski definition) is 1. The molecule has 0 fully saturated rings. The number of carbonyl (C=O) groups is 1. The van der Waals surface area contributed by atoms with Crippen LogP contribution in [0.5, 0.6) is 5.75 Å². The maximum absolute atomic E-state index is 12.6. The molecule has 1 N–H and O–H groups in total. The van der Waals surface area contributed by atoms with Crippen LogP contribution in [0.1, 0.15) is 49.9 Å². The molecule has 0 saturated carbocycles. The summed E-state index contributed by atoms with van der Waals surface area (Å²) in [6.45, 7) is 14.3. The largest absolute Gasteiger partial charge is 0.481 e. The second-order valence-electron chi connectivity index (χ2n) is 7.77. The number of carbonyl (C=O) groups excluding carboxylic acids is 1. The van der Waals surface area contributed by atoms with E-state index in [0.29, 0.717) is 0 Å². The van der Waals surface area contributed by atoms with Gasteiger partial charge in [0.2, 0.25) is 0 Å². The molecule has 1 unspecified atom stereocenters. The van der Waals surface area contributed by atoms with Crippen LogP contribution in [0.4, 0.5) is 5.69 Å². The zero-order valence-electron chi connectivity index (χ0n) is 16.4. The molecule has 0 saturated heterocycles. The lowest BCUT2D eigenvalue weighted by atomic mass is 9.86. The van der Waals surface area contributed by atoms with E-state index in [4.69, 9.17) is 4.74 Å². The molecule has 25 heavy (non-hydrogen) atoms. The van der Waals surface area contributed by atoms with Crippen LogP contribution in [0.2, 0.25) is 0 Å². The van der Waals surface area contributed by atoms with Gasteiger partial charge in [0.25, 0.3) is 5.91 Å². The Morgan fingerprint density at radius 2 is 1.60 bits per heavy atom. The molecule has 0 radical (unpaired) electrons. The third-order valence-electron chi connectivity index (χ3n) is 4.29. The highest BCUT2D eigenvalue weighted by Crippen LogP contribution is 2.31. The first-order valence-electron chi connectivity index (χ1n) is 8.74. The Kier molecular flexibility index (Phi) is 5.56. The van der Waals surface area contributed by atoms with Gasteiger partial charge in [-0.15, -0.1) is 0 Å². The van der Waals surface area contributed by atoms with Gasteiger partial charge >= 0.3 is 0 Å². The van der Waals surface area contributed by atoms with Crippen LogP contribution in [0.15, 0.2) is 36.4 Å². The fourth-order valence-electron chi connectivity index (χ4n) is 3.04. The molecule has 0 aromatic heterocycles. The van der Waals surface area contributed by atoms with Crippen LogP contribution >= 0.6 is 0 Å². The summed E-state index contributed by atoms with van der Waals surface area (Å²) >= 11 is 0. The first-order valence-corrected chi connectivity index (χ1v) is 8.74. The van der Waals surface area contributed by atoms with Crippen molar-refractivity contribution in [3.8, 4) is 5.75 Å². The van der Waals surface area contributed by atoms with E-state index in [-0.39, 0.29) is 11.3 Å². The fraction of sp³-hybridized carbons (Fsp3) is 0.409. The molecule has 3 nitrogen and oxygen atoms in total. The SMILES string of the molecule is Cc1cc(C)c(NC(=O)C(C)Oc2ccccc2C(C)(C)C)c(C)c1. The van der Waals surface area contributed by atoms with E-state index < -0.39 is 6.10 Å². The maximum Gasteiger partial charge on any atom is 0.265 e. The quantitative estimate of drug-likeness (QED) is 0.819.